The molecule has 0 unspecified atom stereocenters. The molecule has 0 atom stereocenters. The molecule has 0 bridgehead atoms. The Bertz CT molecular complexity index is 811. The molecule has 21 heavy (non-hydrogen) atoms. The zero-order chi connectivity index (χ0) is 15.2. The molecule has 6 heteroatoms. The molecule has 0 saturated heterocycles. The molecule has 0 spiro atoms. The summed E-state index contributed by atoms with van der Waals surface area (Å²) in [6.45, 7) is 6.05. The van der Waals surface area contributed by atoms with Gasteiger partial charge in [-0.25, -0.2) is 14.3 Å². The van der Waals surface area contributed by atoms with E-state index in [1.54, 1.807) is 18.2 Å². The molecule has 0 aliphatic carbocycles. The van der Waals surface area contributed by atoms with E-state index in [0.29, 0.717) is 17.1 Å². The predicted octanol–water partition coefficient (Wildman–Crippen LogP) is 2.99. The fraction of sp³-hybridized carbons (Fsp3) is 0.267. The average molecular weight is 285 g/mol. The number of carbonyl (C=O) groups is 1. The number of furan rings is 1. The third-order valence-electron chi connectivity index (χ3n) is 3.19. The summed E-state index contributed by atoms with van der Waals surface area (Å²) in [6, 6.07) is 6.75. The summed E-state index contributed by atoms with van der Waals surface area (Å²) < 4.78 is 6.65. The Morgan fingerprint density at radius 3 is 2.67 bits per heavy atom. The number of carboxylic acids is 1. The third kappa shape index (κ3) is 2.29. The van der Waals surface area contributed by atoms with Gasteiger partial charge in [-0.3, -0.25) is 0 Å². The predicted molar refractivity (Wildman–Crippen MR) is 76.3 cm³/mol. The fourth-order valence-electron chi connectivity index (χ4n) is 2.04. The second-order valence-corrected chi connectivity index (χ2v) is 5.86. The zero-order valence-corrected chi connectivity index (χ0v) is 12.0. The van der Waals surface area contributed by atoms with Crippen molar-refractivity contribution >= 4 is 11.6 Å². The van der Waals surface area contributed by atoms with Crippen molar-refractivity contribution < 1.29 is 14.3 Å². The molecule has 3 rings (SSSR count). The number of fused-ring (bicyclic) bond motifs is 1. The topological polar surface area (TPSA) is 80.6 Å². The summed E-state index contributed by atoms with van der Waals surface area (Å²) in [5.41, 5.74) is 1.63. The summed E-state index contributed by atoms with van der Waals surface area (Å²) in [5, 5.41) is 13.8. The number of hydrogen-bond donors (Lipinski definition) is 1. The van der Waals surface area contributed by atoms with Gasteiger partial charge in [0.15, 0.2) is 17.1 Å². The van der Waals surface area contributed by atoms with E-state index in [-0.39, 0.29) is 11.1 Å². The van der Waals surface area contributed by atoms with E-state index in [1.807, 2.05) is 20.8 Å². The van der Waals surface area contributed by atoms with Gasteiger partial charge in [-0.15, -0.1) is 0 Å². The van der Waals surface area contributed by atoms with Crippen molar-refractivity contribution in [1.29, 1.82) is 0 Å². The molecule has 0 amide bonds. The van der Waals surface area contributed by atoms with Gasteiger partial charge in [-0.1, -0.05) is 20.8 Å². The molecule has 0 fully saturated rings. The van der Waals surface area contributed by atoms with Crippen molar-refractivity contribution in [2.75, 3.05) is 0 Å². The average Bonchev–Trinajstić information content (AvgIpc) is 3.05. The largest absolute Gasteiger partial charge is 0.477 e. The Balaban J connectivity index is 2.29. The molecule has 6 nitrogen and oxygen atoms in total. The van der Waals surface area contributed by atoms with Crippen LogP contribution in [-0.2, 0) is 5.41 Å². The van der Waals surface area contributed by atoms with Crippen molar-refractivity contribution in [1.82, 2.24) is 14.6 Å². The van der Waals surface area contributed by atoms with E-state index in [4.69, 9.17) is 4.42 Å². The van der Waals surface area contributed by atoms with E-state index in [2.05, 4.69) is 10.1 Å². The van der Waals surface area contributed by atoms with Gasteiger partial charge < -0.3 is 9.52 Å². The molecule has 0 saturated carbocycles. The van der Waals surface area contributed by atoms with E-state index in [1.165, 1.54) is 16.8 Å². The van der Waals surface area contributed by atoms with Gasteiger partial charge in [-0.2, -0.15) is 5.10 Å². The molecule has 1 N–H and O–H groups in total. The fourth-order valence-corrected chi connectivity index (χ4v) is 2.04. The monoisotopic (exact) mass is 285 g/mol. The van der Waals surface area contributed by atoms with Crippen LogP contribution in [0.4, 0.5) is 0 Å². The highest BCUT2D eigenvalue weighted by molar-refractivity contribution is 5.87. The highest BCUT2D eigenvalue weighted by atomic mass is 16.4. The standard InChI is InChI=1S/C15H15N3O3/c1-15(2,3)12-8-13-16-9(11-5-4-6-21-11)7-10(14(19)20)18(13)17-12/h4-8H,1-3H3,(H,19,20). The summed E-state index contributed by atoms with van der Waals surface area (Å²) >= 11 is 0. The maximum Gasteiger partial charge on any atom is 0.354 e. The molecule has 3 aromatic rings. The Hall–Kier alpha value is -2.63. The molecule has 0 aliphatic rings. The maximum absolute atomic E-state index is 11.5. The van der Waals surface area contributed by atoms with Gasteiger partial charge >= 0.3 is 5.97 Å². The summed E-state index contributed by atoms with van der Waals surface area (Å²) in [4.78, 5) is 15.9. The van der Waals surface area contributed by atoms with E-state index in [0.717, 1.165) is 5.69 Å². The molecule has 3 aromatic heterocycles. The number of rotatable bonds is 2. The number of carboxylic acid groups (broad SMARTS) is 1. The van der Waals surface area contributed by atoms with Gasteiger partial charge in [0, 0.05) is 17.5 Å². The maximum atomic E-state index is 11.5. The minimum Gasteiger partial charge on any atom is -0.477 e. The van der Waals surface area contributed by atoms with Crippen LogP contribution in [0.15, 0.2) is 34.9 Å². The van der Waals surface area contributed by atoms with Crippen molar-refractivity contribution in [3.63, 3.8) is 0 Å². The summed E-state index contributed by atoms with van der Waals surface area (Å²) in [7, 11) is 0. The van der Waals surface area contributed by atoms with Crippen molar-refractivity contribution in [3.05, 3.63) is 41.9 Å². The number of aromatic carboxylic acids is 1. The van der Waals surface area contributed by atoms with Crippen molar-refractivity contribution in [3.8, 4) is 11.5 Å². The van der Waals surface area contributed by atoms with E-state index >= 15 is 0 Å². The zero-order valence-electron chi connectivity index (χ0n) is 12.0. The highest BCUT2D eigenvalue weighted by Gasteiger charge is 2.22. The quantitative estimate of drug-likeness (QED) is 0.782. The van der Waals surface area contributed by atoms with E-state index < -0.39 is 5.97 Å². The molecule has 0 aromatic carbocycles. The lowest BCUT2D eigenvalue weighted by molar-refractivity contribution is 0.0687. The van der Waals surface area contributed by atoms with Crippen LogP contribution in [0.3, 0.4) is 0 Å². The number of nitrogens with zero attached hydrogens (tertiary/aromatic N) is 3. The van der Waals surface area contributed by atoms with Crippen molar-refractivity contribution in [2.24, 2.45) is 0 Å². The van der Waals surface area contributed by atoms with Gasteiger partial charge in [-0.05, 0) is 12.1 Å². The van der Waals surface area contributed by atoms with Crippen LogP contribution < -0.4 is 0 Å². The summed E-state index contributed by atoms with van der Waals surface area (Å²) in [6.07, 6.45) is 1.53. The van der Waals surface area contributed by atoms with Gasteiger partial charge in [0.05, 0.1) is 12.0 Å². The first kappa shape index (κ1) is 13.4. The van der Waals surface area contributed by atoms with Crippen LogP contribution in [0.1, 0.15) is 37.0 Å². The van der Waals surface area contributed by atoms with Crippen molar-refractivity contribution in [2.45, 2.75) is 26.2 Å². The third-order valence-corrected chi connectivity index (χ3v) is 3.19. The Labute approximate surface area is 121 Å². The molecule has 108 valence electrons. The highest BCUT2D eigenvalue weighted by Crippen LogP contribution is 2.25. The number of hydrogen-bond acceptors (Lipinski definition) is 4. The SMILES string of the molecule is CC(C)(C)c1cc2nc(-c3ccco3)cc(C(=O)O)n2n1. The molecule has 3 heterocycles. The smallest absolute Gasteiger partial charge is 0.354 e. The molecule has 0 aliphatic heterocycles. The minimum absolute atomic E-state index is 0.0573. The number of aromatic nitrogens is 3. The Kier molecular flexibility index (Phi) is 2.83. The van der Waals surface area contributed by atoms with Crippen LogP contribution in [0.5, 0.6) is 0 Å². The second kappa shape index (κ2) is 4.44. The first-order valence-electron chi connectivity index (χ1n) is 6.55. The molecule has 0 radical (unpaired) electrons. The van der Waals surface area contributed by atoms with Crippen LogP contribution in [0.2, 0.25) is 0 Å². The second-order valence-electron chi connectivity index (χ2n) is 5.86. The summed E-state index contributed by atoms with van der Waals surface area (Å²) in [5.74, 6) is -0.530. The van der Waals surface area contributed by atoms with Gasteiger partial charge in [0.2, 0.25) is 0 Å². The lowest BCUT2D eigenvalue weighted by Crippen LogP contribution is -2.13. The van der Waals surface area contributed by atoms with Gasteiger partial charge in [0.25, 0.3) is 0 Å². The molecular formula is C15H15N3O3. The van der Waals surface area contributed by atoms with Crippen LogP contribution in [-0.4, -0.2) is 25.7 Å². The molecular weight excluding hydrogens is 270 g/mol. The first-order chi connectivity index (χ1) is 9.86. The minimum atomic E-state index is -1.06. The lowest BCUT2D eigenvalue weighted by Gasteiger charge is -2.13. The first-order valence-corrected chi connectivity index (χ1v) is 6.55. The normalized spacial score (nSPS) is 12.0. The Morgan fingerprint density at radius 2 is 2.10 bits per heavy atom. The lowest BCUT2D eigenvalue weighted by atomic mass is 9.93. The van der Waals surface area contributed by atoms with Gasteiger partial charge in [0.1, 0.15) is 5.69 Å². The Morgan fingerprint density at radius 1 is 1.33 bits per heavy atom. The van der Waals surface area contributed by atoms with Crippen LogP contribution >= 0.6 is 0 Å². The van der Waals surface area contributed by atoms with E-state index in [9.17, 15) is 9.90 Å². The van der Waals surface area contributed by atoms with Crippen LogP contribution in [0, 0.1) is 0 Å². The van der Waals surface area contributed by atoms with Crippen LogP contribution in [0.25, 0.3) is 17.1 Å².